The SMILES string of the molecule is CCCn1c(-c2ccncc2)nn(CN2CCN(C(=O)c3ccc(Cl)cc3)CC2)c1=S. The summed E-state index contributed by atoms with van der Waals surface area (Å²) in [6.07, 6.45) is 4.51. The van der Waals surface area contributed by atoms with E-state index in [1.807, 2.05) is 21.7 Å². The van der Waals surface area contributed by atoms with Gasteiger partial charge in [-0.2, -0.15) is 5.10 Å². The minimum absolute atomic E-state index is 0.0418. The van der Waals surface area contributed by atoms with Crippen molar-refractivity contribution < 1.29 is 4.79 Å². The third-order valence-electron chi connectivity index (χ3n) is 5.39. The number of benzene rings is 1. The highest BCUT2D eigenvalue weighted by Gasteiger charge is 2.23. The van der Waals surface area contributed by atoms with Crippen LogP contribution in [0.2, 0.25) is 5.02 Å². The Morgan fingerprint density at radius 3 is 2.39 bits per heavy atom. The Balaban J connectivity index is 1.44. The number of pyridine rings is 1. The van der Waals surface area contributed by atoms with E-state index < -0.39 is 0 Å². The molecule has 0 unspecified atom stereocenters. The standard InChI is InChI=1S/C22H25ClN6OS/c1-2-11-28-20(17-7-9-24-10-8-17)25-29(22(28)31)16-26-12-14-27(15-13-26)21(30)18-3-5-19(23)6-4-18/h3-10H,2,11-16H2,1H3. The van der Waals surface area contributed by atoms with Crippen LogP contribution in [0.4, 0.5) is 0 Å². The van der Waals surface area contributed by atoms with Gasteiger partial charge in [-0.1, -0.05) is 18.5 Å². The lowest BCUT2D eigenvalue weighted by atomic mass is 10.2. The fourth-order valence-corrected chi connectivity index (χ4v) is 4.13. The molecule has 1 fully saturated rings. The number of hydrogen-bond donors (Lipinski definition) is 0. The van der Waals surface area contributed by atoms with E-state index in [-0.39, 0.29) is 5.91 Å². The monoisotopic (exact) mass is 456 g/mol. The smallest absolute Gasteiger partial charge is 0.253 e. The highest BCUT2D eigenvalue weighted by Crippen LogP contribution is 2.19. The Kier molecular flexibility index (Phi) is 6.80. The van der Waals surface area contributed by atoms with E-state index in [2.05, 4.69) is 21.4 Å². The molecule has 1 aromatic carbocycles. The van der Waals surface area contributed by atoms with Gasteiger partial charge in [0.1, 0.15) is 0 Å². The van der Waals surface area contributed by atoms with Gasteiger partial charge in [0.25, 0.3) is 5.91 Å². The number of rotatable bonds is 6. The number of piperazine rings is 1. The second-order valence-electron chi connectivity index (χ2n) is 7.55. The van der Waals surface area contributed by atoms with Crippen molar-refractivity contribution in [1.29, 1.82) is 0 Å². The molecule has 31 heavy (non-hydrogen) atoms. The molecule has 0 radical (unpaired) electrons. The topological polar surface area (TPSA) is 59.2 Å². The maximum atomic E-state index is 12.7. The molecule has 0 aliphatic carbocycles. The first-order chi connectivity index (χ1) is 15.1. The zero-order valence-corrected chi connectivity index (χ0v) is 19.0. The second kappa shape index (κ2) is 9.72. The maximum absolute atomic E-state index is 12.7. The fourth-order valence-electron chi connectivity index (χ4n) is 3.73. The molecule has 3 heterocycles. The average molecular weight is 457 g/mol. The molecule has 162 valence electrons. The van der Waals surface area contributed by atoms with Gasteiger partial charge in [-0.15, -0.1) is 0 Å². The second-order valence-corrected chi connectivity index (χ2v) is 8.35. The van der Waals surface area contributed by atoms with Crippen LogP contribution in [0.25, 0.3) is 11.4 Å². The number of halogens is 1. The molecule has 3 aromatic rings. The average Bonchev–Trinajstić information content (AvgIpc) is 3.10. The molecule has 1 aliphatic rings. The highest BCUT2D eigenvalue weighted by molar-refractivity contribution is 7.71. The zero-order chi connectivity index (χ0) is 21.8. The molecule has 9 heteroatoms. The molecule has 2 aromatic heterocycles. The number of aromatic nitrogens is 4. The van der Waals surface area contributed by atoms with Gasteiger partial charge in [0, 0.05) is 61.3 Å². The van der Waals surface area contributed by atoms with Crippen LogP contribution in [-0.4, -0.2) is 61.2 Å². The molecule has 1 amide bonds. The third-order valence-corrected chi connectivity index (χ3v) is 6.08. The van der Waals surface area contributed by atoms with Crippen molar-refractivity contribution in [1.82, 2.24) is 29.1 Å². The molecule has 1 aliphatic heterocycles. The number of carbonyl (C=O) groups excluding carboxylic acids is 1. The van der Waals surface area contributed by atoms with Crippen LogP contribution < -0.4 is 0 Å². The summed E-state index contributed by atoms with van der Waals surface area (Å²) in [5.74, 6) is 0.908. The van der Waals surface area contributed by atoms with Crippen molar-refractivity contribution in [2.45, 2.75) is 26.6 Å². The lowest BCUT2D eigenvalue weighted by Crippen LogP contribution is -2.49. The van der Waals surface area contributed by atoms with Gasteiger partial charge in [-0.05, 0) is 55.0 Å². The molecule has 0 N–H and O–H groups in total. The van der Waals surface area contributed by atoms with E-state index in [4.69, 9.17) is 28.9 Å². The molecule has 0 atom stereocenters. The van der Waals surface area contributed by atoms with Crippen molar-refractivity contribution in [3.63, 3.8) is 0 Å². The van der Waals surface area contributed by atoms with E-state index in [0.717, 1.165) is 37.4 Å². The van der Waals surface area contributed by atoms with Crippen molar-refractivity contribution in [2.75, 3.05) is 26.2 Å². The number of carbonyl (C=O) groups is 1. The quantitative estimate of drug-likeness (QED) is 0.525. The van der Waals surface area contributed by atoms with Gasteiger partial charge in [0.15, 0.2) is 10.6 Å². The van der Waals surface area contributed by atoms with E-state index in [0.29, 0.717) is 35.1 Å². The molecular formula is C22H25ClN6OS. The summed E-state index contributed by atoms with van der Waals surface area (Å²) < 4.78 is 4.69. The van der Waals surface area contributed by atoms with Gasteiger partial charge >= 0.3 is 0 Å². The first kappa shape index (κ1) is 21.7. The summed E-state index contributed by atoms with van der Waals surface area (Å²) in [6, 6.07) is 11.0. The summed E-state index contributed by atoms with van der Waals surface area (Å²) in [6.45, 7) is 6.44. The summed E-state index contributed by atoms with van der Waals surface area (Å²) in [5.41, 5.74) is 1.67. The van der Waals surface area contributed by atoms with E-state index in [1.165, 1.54) is 0 Å². The number of nitrogens with zero attached hydrogens (tertiary/aromatic N) is 6. The Hall–Kier alpha value is -2.55. The first-order valence-electron chi connectivity index (χ1n) is 10.4. The Bertz CT molecular complexity index is 1090. The van der Waals surface area contributed by atoms with Gasteiger partial charge in [0.2, 0.25) is 0 Å². The van der Waals surface area contributed by atoms with Crippen LogP contribution >= 0.6 is 23.8 Å². The molecule has 7 nitrogen and oxygen atoms in total. The van der Waals surface area contributed by atoms with Crippen molar-refractivity contribution in [3.05, 3.63) is 64.1 Å². The van der Waals surface area contributed by atoms with Crippen molar-refractivity contribution in [2.24, 2.45) is 0 Å². The Labute approximate surface area is 191 Å². The van der Waals surface area contributed by atoms with Crippen molar-refractivity contribution in [3.8, 4) is 11.4 Å². The lowest BCUT2D eigenvalue weighted by molar-refractivity contribution is 0.0585. The van der Waals surface area contributed by atoms with Crippen molar-refractivity contribution >= 4 is 29.7 Å². The summed E-state index contributed by atoms with van der Waals surface area (Å²) in [4.78, 5) is 21.0. The Morgan fingerprint density at radius 2 is 1.74 bits per heavy atom. The predicted molar refractivity (Wildman–Crippen MR) is 124 cm³/mol. The summed E-state index contributed by atoms with van der Waals surface area (Å²) >= 11 is 11.7. The van der Waals surface area contributed by atoms with Gasteiger partial charge in [-0.3, -0.25) is 19.2 Å². The number of amides is 1. The summed E-state index contributed by atoms with van der Waals surface area (Å²) in [5, 5.41) is 5.45. The molecular weight excluding hydrogens is 432 g/mol. The highest BCUT2D eigenvalue weighted by atomic mass is 35.5. The van der Waals surface area contributed by atoms with Crippen LogP contribution in [0, 0.1) is 4.77 Å². The number of hydrogen-bond acceptors (Lipinski definition) is 5. The fraction of sp³-hybridized carbons (Fsp3) is 0.364. The van der Waals surface area contributed by atoms with Crippen LogP contribution in [0.15, 0.2) is 48.8 Å². The van der Waals surface area contributed by atoms with Crippen LogP contribution in [0.5, 0.6) is 0 Å². The zero-order valence-electron chi connectivity index (χ0n) is 17.4. The van der Waals surface area contributed by atoms with E-state index >= 15 is 0 Å². The maximum Gasteiger partial charge on any atom is 0.253 e. The van der Waals surface area contributed by atoms with Gasteiger partial charge < -0.3 is 4.90 Å². The summed E-state index contributed by atoms with van der Waals surface area (Å²) in [7, 11) is 0. The minimum Gasteiger partial charge on any atom is -0.336 e. The van der Waals surface area contributed by atoms with Gasteiger partial charge in [-0.25, -0.2) is 4.68 Å². The largest absolute Gasteiger partial charge is 0.336 e. The normalized spacial score (nSPS) is 14.7. The molecule has 0 saturated carbocycles. The molecule has 4 rings (SSSR count). The Morgan fingerprint density at radius 1 is 1.06 bits per heavy atom. The van der Waals surface area contributed by atoms with Crippen LogP contribution in [0.1, 0.15) is 23.7 Å². The predicted octanol–water partition coefficient (Wildman–Crippen LogP) is 3.95. The van der Waals surface area contributed by atoms with Crippen LogP contribution in [-0.2, 0) is 13.2 Å². The molecule has 1 saturated heterocycles. The van der Waals surface area contributed by atoms with Crippen LogP contribution in [0.3, 0.4) is 0 Å². The minimum atomic E-state index is 0.0418. The van der Waals surface area contributed by atoms with Gasteiger partial charge in [0.05, 0.1) is 6.67 Å². The van der Waals surface area contributed by atoms with E-state index in [1.54, 1.807) is 36.7 Å². The van der Waals surface area contributed by atoms with E-state index in [9.17, 15) is 4.79 Å². The molecule has 0 bridgehead atoms. The first-order valence-corrected chi connectivity index (χ1v) is 11.2. The molecule has 0 spiro atoms. The lowest BCUT2D eigenvalue weighted by Gasteiger charge is -2.34. The third kappa shape index (κ3) is 4.87.